The Labute approximate surface area is 173 Å². The van der Waals surface area contributed by atoms with Crippen molar-refractivity contribution in [1.29, 1.82) is 0 Å². The van der Waals surface area contributed by atoms with Gasteiger partial charge in [0.2, 0.25) is 0 Å². The Morgan fingerprint density at radius 1 is 1.12 bits per heavy atom. The van der Waals surface area contributed by atoms with Crippen molar-refractivity contribution in [3.05, 3.63) is 58.9 Å². The van der Waals surface area contributed by atoms with Gasteiger partial charge < -0.3 is 14.8 Å². The molecule has 0 aliphatic carbocycles. The number of carbonyl (C=O) groups is 3. The van der Waals surface area contributed by atoms with E-state index in [9.17, 15) is 14.4 Å². The van der Waals surface area contributed by atoms with Gasteiger partial charge >= 0.3 is 41.6 Å². The Bertz CT molecular complexity index is 1000. The Morgan fingerprint density at radius 3 is 2.62 bits per heavy atom. The number of hydrogen-bond donors (Lipinski definition) is 3. The standard InChI is InChI=1S/C16H10ClN3O5.Na.H/c17-11-3-2-9(6-10(11)15(22)23)19-16(24)20-14(21)8-1-4-12-13(5-8)25-7-18-12;;/h1-7H,(H,22,23)(H2,19,20,21,24);;. The van der Waals surface area contributed by atoms with E-state index in [1.807, 2.05) is 0 Å². The first kappa shape index (κ1) is 19.9. The Morgan fingerprint density at radius 2 is 1.88 bits per heavy atom. The number of aromatic carboxylic acids is 1. The van der Waals surface area contributed by atoms with Crippen molar-refractivity contribution >= 4 is 75.9 Å². The number of imide groups is 1. The molecule has 3 rings (SSSR count). The van der Waals surface area contributed by atoms with E-state index in [4.69, 9.17) is 21.1 Å². The van der Waals surface area contributed by atoms with Gasteiger partial charge in [0.1, 0.15) is 5.52 Å². The topological polar surface area (TPSA) is 122 Å². The molecule has 8 nitrogen and oxygen atoms in total. The van der Waals surface area contributed by atoms with E-state index in [0.717, 1.165) is 0 Å². The number of nitrogens with zero attached hydrogens (tertiary/aromatic N) is 1. The molecule has 0 unspecified atom stereocenters. The summed E-state index contributed by atoms with van der Waals surface area (Å²) < 4.78 is 5.10. The number of fused-ring (bicyclic) bond motifs is 1. The summed E-state index contributed by atoms with van der Waals surface area (Å²) in [7, 11) is 0. The molecule has 0 aliphatic heterocycles. The van der Waals surface area contributed by atoms with Crippen LogP contribution in [-0.4, -0.2) is 57.6 Å². The van der Waals surface area contributed by atoms with Crippen LogP contribution in [0.1, 0.15) is 20.7 Å². The van der Waals surface area contributed by atoms with Gasteiger partial charge in [0, 0.05) is 11.3 Å². The van der Waals surface area contributed by atoms with E-state index >= 15 is 0 Å². The van der Waals surface area contributed by atoms with Crippen molar-refractivity contribution in [2.75, 3.05) is 5.32 Å². The van der Waals surface area contributed by atoms with E-state index in [-0.39, 0.29) is 51.4 Å². The van der Waals surface area contributed by atoms with Crippen molar-refractivity contribution in [3.63, 3.8) is 0 Å². The third-order valence-corrected chi connectivity index (χ3v) is 3.60. The number of halogens is 1. The van der Waals surface area contributed by atoms with Crippen LogP contribution < -0.4 is 10.6 Å². The zero-order valence-electron chi connectivity index (χ0n) is 12.4. The van der Waals surface area contributed by atoms with Gasteiger partial charge in [-0.3, -0.25) is 10.1 Å². The fraction of sp³-hybridized carbons (Fsp3) is 0. The van der Waals surface area contributed by atoms with Crippen LogP contribution in [0.2, 0.25) is 5.02 Å². The molecule has 3 amide bonds. The quantitative estimate of drug-likeness (QED) is 0.597. The summed E-state index contributed by atoms with van der Waals surface area (Å²) >= 11 is 5.75. The van der Waals surface area contributed by atoms with Crippen LogP contribution in [0.25, 0.3) is 11.1 Å². The van der Waals surface area contributed by atoms with Crippen molar-refractivity contribution in [2.24, 2.45) is 0 Å². The third-order valence-electron chi connectivity index (χ3n) is 3.28. The average Bonchev–Trinajstić information content (AvgIpc) is 3.03. The summed E-state index contributed by atoms with van der Waals surface area (Å²) in [6.45, 7) is 0. The van der Waals surface area contributed by atoms with Gasteiger partial charge in [0.15, 0.2) is 12.0 Å². The monoisotopic (exact) mass is 383 g/mol. The normalized spacial score (nSPS) is 10.0. The first-order valence-corrected chi connectivity index (χ1v) is 7.30. The zero-order valence-corrected chi connectivity index (χ0v) is 13.2. The predicted octanol–water partition coefficient (Wildman–Crippen LogP) is 2.49. The second-order valence-corrected chi connectivity index (χ2v) is 5.35. The van der Waals surface area contributed by atoms with Gasteiger partial charge in [0.05, 0.1) is 10.6 Å². The van der Waals surface area contributed by atoms with E-state index in [2.05, 4.69) is 15.6 Å². The second kappa shape index (κ2) is 8.33. The third kappa shape index (κ3) is 4.41. The van der Waals surface area contributed by atoms with E-state index in [0.29, 0.717) is 11.1 Å². The number of benzene rings is 2. The van der Waals surface area contributed by atoms with Gasteiger partial charge in [-0.25, -0.2) is 14.6 Å². The number of anilines is 1. The maximum absolute atomic E-state index is 12.1. The van der Waals surface area contributed by atoms with Gasteiger partial charge in [-0.2, -0.15) is 0 Å². The number of amides is 3. The summed E-state index contributed by atoms with van der Waals surface area (Å²) in [4.78, 5) is 39.0. The van der Waals surface area contributed by atoms with Gasteiger partial charge in [-0.1, -0.05) is 11.6 Å². The number of aromatic nitrogens is 1. The number of rotatable bonds is 3. The first-order valence-electron chi connectivity index (χ1n) is 6.92. The van der Waals surface area contributed by atoms with Gasteiger partial charge in [-0.05, 0) is 36.4 Å². The molecule has 3 N–H and O–H groups in total. The summed E-state index contributed by atoms with van der Waals surface area (Å²) in [5, 5.41) is 13.5. The molecular weight excluding hydrogens is 373 g/mol. The molecule has 26 heavy (non-hydrogen) atoms. The van der Waals surface area contributed by atoms with Crippen LogP contribution in [0.4, 0.5) is 10.5 Å². The van der Waals surface area contributed by atoms with Crippen LogP contribution in [0.15, 0.2) is 47.2 Å². The van der Waals surface area contributed by atoms with Crippen molar-refractivity contribution in [1.82, 2.24) is 10.3 Å². The molecule has 0 saturated heterocycles. The molecule has 128 valence electrons. The number of urea groups is 1. The zero-order chi connectivity index (χ0) is 18.0. The molecule has 0 spiro atoms. The Kier molecular flexibility index (Phi) is 6.38. The van der Waals surface area contributed by atoms with Crippen LogP contribution in [0.3, 0.4) is 0 Å². The number of carboxylic acids is 1. The van der Waals surface area contributed by atoms with E-state index < -0.39 is 17.9 Å². The minimum absolute atomic E-state index is 0. The molecule has 0 bridgehead atoms. The van der Waals surface area contributed by atoms with Gasteiger partial charge in [-0.15, -0.1) is 0 Å². The summed E-state index contributed by atoms with van der Waals surface area (Å²) in [5.74, 6) is -1.88. The number of carboxylic acid groups (broad SMARTS) is 1. The molecule has 0 aliphatic rings. The molecule has 3 aromatic rings. The van der Waals surface area contributed by atoms with Crippen molar-refractivity contribution in [2.45, 2.75) is 0 Å². The number of oxazole rings is 1. The molecule has 10 heteroatoms. The molecule has 0 atom stereocenters. The fourth-order valence-corrected chi connectivity index (χ4v) is 2.30. The number of nitrogens with one attached hydrogen (secondary N) is 2. The van der Waals surface area contributed by atoms with Crippen LogP contribution in [0.5, 0.6) is 0 Å². The Hall–Kier alpha value is -2.39. The number of hydrogen-bond acceptors (Lipinski definition) is 5. The molecule has 0 fully saturated rings. The molecule has 2 aromatic carbocycles. The van der Waals surface area contributed by atoms with Crippen molar-refractivity contribution in [3.8, 4) is 0 Å². The Balaban J connectivity index is 0.00000243. The van der Waals surface area contributed by atoms with Crippen LogP contribution in [-0.2, 0) is 0 Å². The molecule has 0 saturated carbocycles. The van der Waals surface area contributed by atoms with E-state index in [1.165, 1.54) is 36.7 Å². The SMILES string of the molecule is O=C(NC(=O)c1ccc2ncoc2c1)Nc1ccc(Cl)c(C(=O)O)c1.[NaH]. The van der Waals surface area contributed by atoms with Crippen LogP contribution in [0, 0.1) is 0 Å². The fourth-order valence-electron chi connectivity index (χ4n) is 2.10. The molecular formula is C16H11ClN3NaO5. The molecule has 0 radical (unpaired) electrons. The average molecular weight is 384 g/mol. The van der Waals surface area contributed by atoms with E-state index in [1.54, 1.807) is 6.07 Å². The first-order chi connectivity index (χ1) is 11.9. The predicted molar refractivity (Wildman–Crippen MR) is 96.1 cm³/mol. The van der Waals surface area contributed by atoms with Gasteiger partial charge in [0.25, 0.3) is 5.91 Å². The maximum atomic E-state index is 12.1. The number of carbonyl (C=O) groups excluding carboxylic acids is 2. The second-order valence-electron chi connectivity index (χ2n) is 4.94. The molecule has 1 aromatic heterocycles. The summed E-state index contributed by atoms with van der Waals surface area (Å²) in [5.41, 5.74) is 1.22. The summed E-state index contributed by atoms with van der Waals surface area (Å²) in [6.07, 6.45) is 1.25. The van der Waals surface area contributed by atoms with Crippen LogP contribution >= 0.6 is 11.6 Å². The summed E-state index contributed by atoms with van der Waals surface area (Å²) in [6, 6.07) is 7.66. The molecule has 1 heterocycles. The minimum atomic E-state index is -1.23. The van der Waals surface area contributed by atoms with Crippen molar-refractivity contribution < 1.29 is 23.9 Å².